The van der Waals surface area contributed by atoms with Crippen LogP contribution in [0.15, 0.2) is 57.0 Å². The van der Waals surface area contributed by atoms with Gasteiger partial charge >= 0.3 is 0 Å². The van der Waals surface area contributed by atoms with E-state index >= 15 is 0 Å². The number of aryl methyl sites for hydroxylation is 1. The van der Waals surface area contributed by atoms with Crippen LogP contribution in [-0.2, 0) is 12.8 Å². The number of nitrogen functional groups attached to an aromatic ring is 1. The van der Waals surface area contributed by atoms with Crippen LogP contribution < -0.4 is 5.73 Å². The number of rotatable bonds is 3. The Bertz CT molecular complexity index is 1090. The molecule has 2 N–H and O–H groups in total. The van der Waals surface area contributed by atoms with Crippen molar-refractivity contribution in [2.45, 2.75) is 35.6 Å². The number of fused-ring (bicyclic) bond motifs is 2. The summed E-state index contributed by atoms with van der Waals surface area (Å²) in [5.74, 6) is 1.80. The normalized spacial score (nSPS) is 13.8. The van der Waals surface area contributed by atoms with E-state index in [2.05, 4.69) is 10.1 Å². The number of hydrogen-bond donors (Lipinski definition) is 1. The van der Waals surface area contributed by atoms with Crippen LogP contribution in [0.3, 0.4) is 0 Å². The maximum atomic E-state index is 6.17. The molecule has 0 radical (unpaired) electrons. The molecule has 0 aliphatic heterocycles. The molecule has 1 aromatic carbocycles. The summed E-state index contributed by atoms with van der Waals surface area (Å²) in [5, 5.41) is 5.73. The van der Waals surface area contributed by atoms with Crippen molar-refractivity contribution in [1.29, 1.82) is 0 Å². The van der Waals surface area contributed by atoms with E-state index < -0.39 is 0 Å². The number of benzene rings is 1. The molecule has 0 amide bonds. The SMILES string of the molecule is Nc1ccccc1Sc1c2c(nc3nc(-c4ccco4)nn13)CCCC2. The van der Waals surface area contributed by atoms with Crippen molar-refractivity contribution in [2.75, 3.05) is 5.73 Å². The minimum atomic E-state index is 0.549. The second-order valence-electron chi connectivity index (χ2n) is 6.31. The number of nitrogens with two attached hydrogens (primary N) is 1. The smallest absolute Gasteiger partial charge is 0.254 e. The second kappa shape index (κ2) is 6.17. The number of nitrogens with zero attached hydrogens (tertiary/aromatic N) is 4. The monoisotopic (exact) mass is 363 g/mol. The number of aromatic nitrogens is 4. The van der Waals surface area contributed by atoms with Gasteiger partial charge in [-0.1, -0.05) is 23.9 Å². The Kier molecular flexibility index (Phi) is 3.67. The van der Waals surface area contributed by atoms with Crippen LogP contribution in [0.2, 0.25) is 0 Å². The van der Waals surface area contributed by atoms with Crippen LogP contribution in [0.25, 0.3) is 17.4 Å². The van der Waals surface area contributed by atoms with Gasteiger partial charge in [0, 0.05) is 16.1 Å². The summed E-state index contributed by atoms with van der Waals surface area (Å²) >= 11 is 1.63. The quantitative estimate of drug-likeness (QED) is 0.438. The number of para-hydroxylation sites is 1. The zero-order chi connectivity index (χ0) is 17.5. The van der Waals surface area contributed by atoms with E-state index in [0.29, 0.717) is 17.4 Å². The third-order valence-electron chi connectivity index (χ3n) is 4.58. The topological polar surface area (TPSA) is 82.2 Å². The fraction of sp³-hybridized carbons (Fsp3) is 0.211. The molecular weight excluding hydrogens is 346 g/mol. The first-order chi connectivity index (χ1) is 12.8. The highest BCUT2D eigenvalue weighted by molar-refractivity contribution is 7.99. The summed E-state index contributed by atoms with van der Waals surface area (Å²) in [4.78, 5) is 10.4. The van der Waals surface area contributed by atoms with E-state index in [-0.39, 0.29) is 0 Å². The highest BCUT2D eigenvalue weighted by Gasteiger charge is 2.22. The van der Waals surface area contributed by atoms with E-state index in [1.54, 1.807) is 18.0 Å². The first kappa shape index (κ1) is 15.5. The van der Waals surface area contributed by atoms with E-state index in [9.17, 15) is 0 Å². The van der Waals surface area contributed by atoms with Gasteiger partial charge in [-0.15, -0.1) is 5.10 Å². The van der Waals surface area contributed by atoms with Crippen LogP contribution in [0.5, 0.6) is 0 Å². The Hall–Kier alpha value is -2.80. The van der Waals surface area contributed by atoms with E-state index in [0.717, 1.165) is 47.0 Å². The van der Waals surface area contributed by atoms with E-state index in [4.69, 9.17) is 15.1 Å². The number of furan rings is 1. The minimum absolute atomic E-state index is 0.549. The van der Waals surface area contributed by atoms with Crippen molar-refractivity contribution in [3.05, 3.63) is 53.9 Å². The van der Waals surface area contributed by atoms with Gasteiger partial charge in [0.05, 0.1) is 12.0 Å². The lowest BCUT2D eigenvalue weighted by molar-refractivity contribution is 0.576. The van der Waals surface area contributed by atoms with Crippen molar-refractivity contribution >= 4 is 23.2 Å². The van der Waals surface area contributed by atoms with Crippen LogP contribution >= 0.6 is 11.8 Å². The molecule has 0 saturated heterocycles. The Morgan fingerprint density at radius 3 is 2.77 bits per heavy atom. The lowest BCUT2D eigenvalue weighted by Gasteiger charge is -2.18. The summed E-state index contributed by atoms with van der Waals surface area (Å²) in [7, 11) is 0. The van der Waals surface area contributed by atoms with Crippen LogP contribution in [0.1, 0.15) is 24.1 Å². The average molecular weight is 363 g/mol. The lowest BCUT2D eigenvalue weighted by atomic mass is 9.97. The van der Waals surface area contributed by atoms with Crippen LogP contribution in [-0.4, -0.2) is 19.6 Å². The highest BCUT2D eigenvalue weighted by atomic mass is 32.2. The van der Waals surface area contributed by atoms with Gasteiger partial charge in [-0.3, -0.25) is 0 Å². The molecule has 6 nitrogen and oxygen atoms in total. The zero-order valence-corrected chi connectivity index (χ0v) is 14.9. The molecule has 3 aromatic heterocycles. The highest BCUT2D eigenvalue weighted by Crippen LogP contribution is 2.37. The van der Waals surface area contributed by atoms with Crippen LogP contribution in [0.4, 0.5) is 5.69 Å². The van der Waals surface area contributed by atoms with Crippen molar-refractivity contribution < 1.29 is 4.42 Å². The molecule has 0 fully saturated rings. The maximum Gasteiger partial charge on any atom is 0.254 e. The predicted molar refractivity (Wildman–Crippen MR) is 100 cm³/mol. The summed E-state index contributed by atoms with van der Waals surface area (Å²) in [6.07, 6.45) is 5.93. The summed E-state index contributed by atoms with van der Waals surface area (Å²) in [5.41, 5.74) is 9.32. The molecule has 0 saturated carbocycles. The van der Waals surface area contributed by atoms with Crippen molar-refractivity contribution in [3.63, 3.8) is 0 Å². The van der Waals surface area contributed by atoms with Crippen molar-refractivity contribution in [2.24, 2.45) is 0 Å². The predicted octanol–water partition coefficient (Wildman–Crippen LogP) is 4.00. The van der Waals surface area contributed by atoms with Gasteiger partial charge in [0.15, 0.2) is 5.76 Å². The van der Waals surface area contributed by atoms with Gasteiger partial charge in [0.1, 0.15) is 5.03 Å². The zero-order valence-electron chi connectivity index (χ0n) is 14.1. The molecule has 0 unspecified atom stereocenters. The fourth-order valence-electron chi connectivity index (χ4n) is 3.30. The van der Waals surface area contributed by atoms with Gasteiger partial charge in [0.25, 0.3) is 5.78 Å². The molecule has 0 spiro atoms. The summed E-state index contributed by atoms with van der Waals surface area (Å²) in [6, 6.07) is 11.6. The van der Waals surface area contributed by atoms with E-state index in [1.165, 1.54) is 5.56 Å². The van der Waals surface area contributed by atoms with Gasteiger partial charge in [0.2, 0.25) is 5.82 Å². The van der Waals surface area contributed by atoms with Gasteiger partial charge < -0.3 is 10.2 Å². The molecular formula is C19H17N5OS. The van der Waals surface area contributed by atoms with Gasteiger partial charge in [-0.05, 0) is 49.9 Å². The van der Waals surface area contributed by atoms with Crippen molar-refractivity contribution in [3.8, 4) is 11.6 Å². The average Bonchev–Trinajstić information content (AvgIpc) is 3.32. The Balaban J connectivity index is 1.72. The Morgan fingerprint density at radius 1 is 1.04 bits per heavy atom. The standard InChI is InChI=1S/C19H17N5OS/c20-13-7-2-4-10-16(13)26-18-12-6-1-3-8-14(12)21-19-22-17(23-24(18)19)15-9-5-11-25-15/h2,4-5,7,9-11H,1,3,6,8,20H2. The lowest BCUT2D eigenvalue weighted by Crippen LogP contribution is -2.11. The Morgan fingerprint density at radius 2 is 1.92 bits per heavy atom. The third kappa shape index (κ3) is 2.55. The minimum Gasteiger partial charge on any atom is -0.461 e. The van der Waals surface area contributed by atoms with E-state index in [1.807, 2.05) is 40.9 Å². The maximum absolute atomic E-state index is 6.17. The van der Waals surface area contributed by atoms with Crippen LogP contribution in [0, 0.1) is 0 Å². The molecule has 0 atom stereocenters. The molecule has 1 aliphatic rings. The largest absolute Gasteiger partial charge is 0.461 e. The number of hydrogen-bond acceptors (Lipinski definition) is 6. The summed E-state index contributed by atoms with van der Waals surface area (Å²) < 4.78 is 7.29. The molecule has 4 aromatic rings. The van der Waals surface area contributed by atoms with Gasteiger partial charge in [-0.25, -0.2) is 4.98 Å². The van der Waals surface area contributed by atoms with Crippen molar-refractivity contribution in [1.82, 2.24) is 19.6 Å². The molecule has 5 rings (SSSR count). The molecule has 26 heavy (non-hydrogen) atoms. The number of anilines is 1. The molecule has 1 aliphatic carbocycles. The first-order valence-corrected chi connectivity index (χ1v) is 9.46. The first-order valence-electron chi connectivity index (χ1n) is 8.64. The second-order valence-corrected chi connectivity index (χ2v) is 7.34. The fourth-order valence-corrected chi connectivity index (χ4v) is 4.39. The molecule has 7 heteroatoms. The third-order valence-corrected chi connectivity index (χ3v) is 5.79. The molecule has 3 heterocycles. The summed E-state index contributed by atoms with van der Waals surface area (Å²) in [6.45, 7) is 0. The molecule has 0 bridgehead atoms. The van der Waals surface area contributed by atoms with Gasteiger partial charge in [-0.2, -0.15) is 9.50 Å². The Labute approximate surface area is 154 Å². The molecule has 130 valence electrons.